The fourth-order valence-electron chi connectivity index (χ4n) is 1.57. The van der Waals surface area contributed by atoms with Crippen molar-refractivity contribution in [1.82, 2.24) is 0 Å². The van der Waals surface area contributed by atoms with Crippen molar-refractivity contribution in [3.8, 4) is 0 Å². The summed E-state index contributed by atoms with van der Waals surface area (Å²) in [6.07, 6.45) is 2.96. The van der Waals surface area contributed by atoms with E-state index in [9.17, 15) is 5.11 Å². The Balaban J connectivity index is 2.12. The van der Waals surface area contributed by atoms with Crippen molar-refractivity contribution in [2.24, 2.45) is 0 Å². The fourth-order valence-corrected chi connectivity index (χ4v) is 1.57. The van der Waals surface area contributed by atoms with Gasteiger partial charge in [0.05, 0.1) is 12.7 Å². The van der Waals surface area contributed by atoms with Gasteiger partial charge in [0.2, 0.25) is 0 Å². The van der Waals surface area contributed by atoms with E-state index in [1.807, 2.05) is 6.92 Å². The molecule has 3 atom stereocenters. The van der Waals surface area contributed by atoms with Gasteiger partial charge in [0.1, 0.15) is 12.2 Å². The zero-order chi connectivity index (χ0) is 9.68. The second-order valence-corrected chi connectivity index (χ2v) is 3.65. The molecular formula is C10H20O3. The molecule has 0 amide bonds. The van der Waals surface area contributed by atoms with E-state index >= 15 is 0 Å². The predicted octanol–water partition coefficient (Wildman–Crippen LogP) is 1.34. The predicted molar refractivity (Wildman–Crippen MR) is 50.7 cm³/mol. The maximum atomic E-state index is 9.47. The lowest BCUT2D eigenvalue weighted by atomic mass is 10.2. The van der Waals surface area contributed by atoms with Crippen molar-refractivity contribution < 1.29 is 14.6 Å². The molecule has 3 heteroatoms. The lowest BCUT2D eigenvalue weighted by Crippen LogP contribution is -2.31. The maximum absolute atomic E-state index is 9.47. The third kappa shape index (κ3) is 3.25. The van der Waals surface area contributed by atoms with Crippen LogP contribution in [0.15, 0.2) is 0 Å². The van der Waals surface area contributed by atoms with E-state index in [0.29, 0.717) is 6.61 Å². The largest absolute Gasteiger partial charge is 0.388 e. The number of aliphatic hydroxyl groups excluding tert-OH is 1. The molecule has 1 aliphatic rings. The van der Waals surface area contributed by atoms with Crippen molar-refractivity contribution in [1.29, 1.82) is 0 Å². The third-order valence-corrected chi connectivity index (χ3v) is 2.43. The Morgan fingerprint density at radius 1 is 1.46 bits per heavy atom. The topological polar surface area (TPSA) is 38.7 Å². The van der Waals surface area contributed by atoms with Crippen LogP contribution in [0.5, 0.6) is 0 Å². The average molecular weight is 188 g/mol. The molecule has 1 fully saturated rings. The summed E-state index contributed by atoms with van der Waals surface area (Å²) in [5.74, 6) is 0. The molecule has 13 heavy (non-hydrogen) atoms. The van der Waals surface area contributed by atoms with Crippen molar-refractivity contribution >= 4 is 0 Å². The zero-order valence-corrected chi connectivity index (χ0v) is 8.53. The van der Waals surface area contributed by atoms with Gasteiger partial charge in [-0.25, -0.2) is 0 Å². The van der Waals surface area contributed by atoms with Gasteiger partial charge in [-0.15, -0.1) is 0 Å². The van der Waals surface area contributed by atoms with Crippen LogP contribution in [0.4, 0.5) is 0 Å². The fraction of sp³-hybridized carbons (Fsp3) is 1.00. The molecule has 0 aromatic heterocycles. The molecule has 1 aliphatic heterocycles. The monoisotopic (exact) mass is 188 g/mol. The molecule has 1 heterocycles. The third-order valence-electron chi connectivity index (χ3n) is 2.43. The van der Waals surface area contributed by atoms with Crippen LogP contribution in [0.2, 0.25) is 0 Å². The number of hydrogen-bond donors (Lipinski definition) is 1. The SMILES string of the molecule is CCCCCOC1C(C)OC[C@H]1O. The molecule has 0 aromatic rings. The lowest BCUT2D eigenvalue weighted by molar-refractivity contribution is -0.0330. The van der Waals surface area contributed by atoms with Gasteiger partial charge in [0.15, 0.2) is 0 Å². The Morgan fingerprint density at radius 3 is 2.77 bits per heavy atom. The van der Waals surface area contributed by atoms with Crippen LogP contribution in [-0.4, -0.2) is 36.6 Å². The summed E-state index contributed by atoms with van der Waals surface area (Å²) in [4.78, 5) is 0. The summed E-state index contributed by atoms with van der Waals surface area (Å²) in [5, 5.41) is 9.47. The second kappa shape index (κ2) is 5.58. The quantitative estimate of drug-likeness (QED) is 0.662. The average Bonchev–Trinajstić information content (AvgIpc) is 2.42. The molecule has 2 unspecified atom stereocenters. The molecule has 1 saturated heterocycles. The van der Waals surface area contributed by atoms with E-state index in [1.54, 1.807) is 0 Å². The van der Waals surface area contributed by atoms with Gasteiger partial charge in [-0.2, -0.15) is 0 Å². The molecule has 0 aromatic carbocycles. The van der Waals surface area contributed by atoms with Gasteiger partial charge in [0.25, 0.3) is 0 Å². The zero-order valence-electron chi connectivity index (χ0n) is 8.53. The van der Waals surface area contributed by atoms with E-state index < -0.39 is 6.10 Å². The van der Waals surface area contributed by atoms with Crippen LogP contribution in [-0.2, 0) is 9.47 Å². The summed E-state index contributed by atoms with van der Waals surface area (Å²) >= 11 is 0. The minimum Gasteiger partial charge on any atom is -0.388 e. The highest BCUT2D eigenvalue weighted by molar-refractivity contribution is 4.81. The minimum absolute atomic E-state index is 0.0385. The van der Waals surface area contributed by atoms with Crippen molar-refractivity contribution in [2.45, 2.75) is 51.4 Å². The van der Waals surface area contributed by atoms with E-state index in [4.69, 9.17) is 9.47 Å². The number of ether oxygens (including phenoxy) is 2. The van der Waals surface area contributed by atoms with Crippen molar-refractivity contribution in [3.63, 3.8) is 0 Å². The van der Waals surface area contributed by atoms with E-state index in [0.717, 1.165) is 13.0 Å². The molecular weight excluding hydrogens is 168 g/mol. The van der Waals surface area contributed by atoms with E-state index in [1.165, 1.54) is 12.8 Å². The number of aliphatic hydroxyl groups is 1. The normalized spacial score (nSPS) is 33.9. The molecule has 78 valence electrons. The molecule has 0 aliphatic carbocycles. The molecule has 0 radical (unpaired) electrons. The molecule has 0 spiro atoms. The first-order valence-electron chi connectivity index (χ1n) is 5.17. The lowest BCUT2D eigenvalue weighted by Gasteiger charge is -2.17. The van der Waals surface area contributed by atoms with Gasteiger partial charge in [0, 0.05) is 6.61 Å². The summed E-state index contributed by atoms with van der Waals surface area (Å²) in [7, 11) is 0. The van der Waals surface area contributed by atoms with E-state index in [2.05, 4.69) is 6.92 Å². The smallest absolute Gasteiger partial charge is 0.111 e. The van der Waals surface area contributed by atoms with Crippen LogP contribution in [0.25, 0.3) is 0 Å². The molecule has 0 bridgehead atoms. The van der Waals surface area contributed by atoms with E-state index in [-0.39, 0.29) is 12.2 Å². The number of rotatable bonds is 5. The standard InChI is InChI=1S/C10H20O3/c1-3-4-5-6-12-10-8(2)13-7-9(10)11/h8-11H,3-7H2,1-2H3/t8?,9-,10?/m1/s1. The number of hydrogen-bond acceptors (Lipinski definition) is 3. The maximum Gasteiger partial charge on any atom is 0.111 e. The highest BCUT2D eigenvalue weighted by Crippen LogP contribution is 2.17. The van der Waals surface area contributed by atoms with Crippen LogP contribution in [0.1, 0.15) is 33.1 Å². The highest BCUT2D eigenvalue weighted by atomic mass is 16.6. The summed E-state index contributed by atoms with van der Waals surface area (Å²) in [6.45, 7) is 5.26. The molecule has 3 nitrogen and oxygen atoms in total. The Labute approximate surface area is 80.0 Å². The van der Waals surface area contributed by atoms with Crippen LogP contribution < -0.4 is 0 Å². The van der Waals surface area contributed by atoms with Crippen LogP contribution in [0, 0.1) is 0 Å². The van der Waals surface area contributed by atoms with Gasteiger partial charge in [-0.3, -0.25) is 0 Å². The van der Waals surface area contributed by atoms with Crippen molar-refractivity contribution in [3.05, 3.63) is 0 Å². The Hall–Kier alpha value is -0.120. The van der Waals surface area contributed by atoms with Gasteiger partial charge in [-0.1, -0.05) is 19.8 Å². The summed E-state index contributed by atoms with van der Waals surface area (Å²) < 4.78 is 10.8. The first kappa shape index (κ1) is 11.0. The number of unbranched alkanes of at least 4 members (excludes halogenated alkanes) is 2. The molecule has 1 N–H and O–H groups in total. The van der Waals surface area contributed by atoms with Gasteiger partial charge < -0.3 is 14.6 Å². The Morgan fingerprint density at radius 2 is 2.23 bits per heavy atom. The molecule has 0 saturated carbocycles. The second-order valence-electron chi connectivity index (χ2n) is 3.65. The summed E-state index contributed by atoms with van der Waals surface area (Å²) in [6, 6.07) is 0. The van der Waals surface area contributed by atoms with Crippen LogP contribution >= 0.6 is 0 Å². The Bertz CT molecular complexity index is 128. The van der Waals surface area contributed by atoms with Crippen LogP contribution in [0.3, 0.4) is 0 Å². The van der Waals surface area contributed by atoms with Gasteiger partial charge in [-0.05, 0) is 13.3 Å². The highest BCUT2D eigenvalue weighted by Gasteiger charge is 2.33. The van der Waals surface area contributed by atoms with Crippen molar-refractivity contribution in [2.75, 3.05) is 13.2 Å². The molecule has 1 rings (SSSR count). The first-order valence-corrected chi connectivity index (χ1v) is 5.17. The van der Waals surface area contributed by atoms with Gasteiger partial charge >= 0.3 is 0 Å². The Kier molecular flexibility index (Phi) is 4.70. The first-order chi connectivity index (χ1) is 6.25. The minimum atomic E-state index is -0.434. The summed E-state index contributed by atoms with van der Waals surface area (Å²) in [5.41, 5.74) is 0.